The molecule has 1 aromatic heterocycles. The molecule has 2 aromatic rings. The lowest BCUT2D eigenvalue weighted by molar-refractivity contribution is 0.285. The van der Waals surface area contributed by atoms with E-state index in [9.17, 15) is 0 Å². The lowest BCUT2D eigenvalue weighted by Gasteiger charge is -2.06. The average Bonchev–Trinajstić information content (AvgIpc) is 2.84. The molecule has 0 aliphatic carbocycles. The van der Waals surface area contributed by atoms with Crippen LogP contribution in [0.4, 0.5) is 0 Å². The third-order valence-electron chi connectivity index (χ3n) is 2.62. The fourth-order valence-electron chi connectivity index (χ4n) is 1.66. The standard InChI is InChI=1S/C14H19N3O2/c1-3-8-15-9-12-4-6-13(7-5-12)18-10-14-16-11(2)19-17-14/h4-7,15H,3,8-10H2,1-2H3. The minimum atomic E-state index is 0.324. The summed E-state index contributed by atoms with van der Waals surface area (Å²) in [6.45, 7) is 6.16. The molecule has 0 atom stereocenters. The Hall–Kier alpha value is -1.88. The van der Waals surface area contributed by atoms with Crippen molar-refractivity contribution in [2.75, 3.05) is 6.54 Å². The summed E-state index contributed by atoms with van der Waals surface area (Å²) >= 11 is 0. The molecule has 0 unspecified atom stereocenters. The Labute approximate surface area is 113 Å². The molecule has 1 N–H and O–H groups in total. The maximum absolute atomic E-state index is 5.58. The monoisotopic (exact) mass is 261 g/mol. The fraction of sp³-hybridized carbons (Fsp3) is 0.429. The molecular formula is C14H19N3O2. The molecule has 5 nitrogen and oxygen atoms in total. The number of hydrogen-bond acceptors (Lipinski definition) is 5. The molecule has 0 bridgehead atoms. The van der Waals surface area contributed by atoms with Gasteiger partial charge in [-0.3, -0.25) is 0 Å². The average molecular weight is 261 g/mol. The van der Waals surface area contributed by atoms with Gasteiger partial charge in [0.25, 0.3) is 0 Å². The minimum absolute atomic E-state index is 0.324. The lowest BCUT2D eigenvalue weighted by Crippen LogP contribution is -2.13. The van der Waals surface area contributed by atoms with Crippen LogP contribution in [0.1, 0.15) is 30.6 Å². The minimum Gasteiger partial charge on any atom is -0.485 e. The first-order valence-corrected chi connectivity index (χ1v) is 6.49. The van der Waals surface area contributed by atoms with Crippen LogP contribution in [-0.4, -0.2) is 16.7 Å². The van der Waals surface area contributed by atoms with Crippen molar-refractivity contribution in [1.29, 1.82) is 0 Å². The van der Waals surface area contributed by atoms with Gasteiger partial charge in [0.05, 0.1) is 0 Å². The van der Waals surface area contributed by atoms with Crippen molar-refractivity contribution >= 4 is 0 Å². The summed E-state index contributed by atoms with van der Waals surface area (Å²) in [6.07, 6.45) is 1.14. The summed E-state index contributed by atoms with van der Waals surface area (Å²) in [5.41, 5.74) is 1.25. The summed E-state index contributed by atoms with van der Waals surface area (Å²) in [5.74, 6) is 1.92. The predicted molar refractivity (Wildman–Crippen MR) is 71.8 cm³/mol. The van der Waals surface area contributed by atoms with E-state index < -0.39 is 0 Å². The SMILES string of the molecule is CCCNCc1ccc(OCc2noc(C)n2)cc1. The summed E-state index contributed by atoms with van der Waals surface area (Å²) < 4.78 is 10.5. The lowest BCUT2D eigenvalue weighted by atomic mass is 10.2. The number of hydrogen-bond donors (Lipinski definition) is 1. The van der Waals surface area contributed by atoms with Crippen LogP contribution >= 0.6 is 0 Å². The molecule has 0 saturated carbocycles. The van der Waals surface area contributed by atoms with Crippen LogP contribution in [0.25, 0.3) is 0 Å². The number of ether oxygens (including phenoxy) is 1. The Kier molecular flexibility index (Phi) is 4.92. The van der Waals surface area contributed by atoms with Crippen LogP contribution in [0.3, 0.4) is 0 Å². The second kappa shape index (κ2) is 6.89. The molecule has 0 aliphatic rings. The first-order chi connectivity index (χ1) is 9.28. The van der Waals surface area contributed by atoms with E-state index in [2.05, 4.69) is 34.5 Å². The summed E-state index contributed by atoms with van der Waals surface area (Å²) in [7, 11) is 0. The van der Waals surface area contributed by atoms with Crippen LogP contribution < -0.4 is 10.1 Å². The summed E-state index contributed by atoms with van der Waals surface area (Å²) in [4.78, 5) is 4.08. The quantitative estimate of drug-likeness (QED) is 0.776. The number of benzene rings is 1. The van der Waals surface area contributed by atoms with E-state index in [1.165, 1.54) is 5.56 Å². The van der Waals surface area contributed by atoms with E-state index in [0.29, 0.717) is 18.3 Å². The van der Waals surface area contributed by atoms with E-state index in [1.54, 1.807) is 6.92 Å². The zero-order valence-corrected chi connectivity index (χ0v) is 11.3. The van der Waals surface area contributed by atoms with E-state index in [4.69, 9.17) is 9.26 Å². The van der Waals surface area contributed by atoms with Gasteiger partial charge in [-0.1, -0.05) is 24.2 Å². The van der Waals surface area contributed by atoms with Crippen molar-refractivity contribution in [1.82, 2.24) is 15.5 Å². The maximum Gasteiger partial charge on any atom is 0.223 e. The van der Waals surface area contributed by atoms with Crippen LogP contribution in [-0.2, 0) is 13.2 Å². The van der Waals surface area contributed by atoms with Crippen molar-refractivity contribution in [3.63, 3.8) is 0 Å². The zero-order chi connectivity index (χ0) is 13.5. The van der Waals surface area contributed by atoms with Crippen LogP contribution in [0, 0.1) is 6.92 Å². The first-order valence-electron chi connectivity index (χ1n) is 6.49. The zero-order valence-electron chi connectivity index (χ0n) is 11.3. The van der Waals surface area contributed by atoms with Gasteiger partial charge in [0.2, 0.25) is 11.7 Å². The molecule has 0 aliphatic heterocycles. The van der Waals surface area contributed by atoms with Crippen molar-refractivity contribution in [3.8, 4) is 5.75 Å². The van der Waals surface area contributed by atoms with Gasteiger partial charge in [0.1, 0.15) is 5.75 Å². The third kappa shape index (κ3) is 4.37. The van der Waals surface area contributed by atoms with E-state index in [1.807, 2.05) is 12.1 Å². The molecule has 2 rings (SSSR count). The normalized spacial score (nSPS) is 10.6. The van der Waals surface area contributed by atoms with Gasteiger partial charge in [-0.2, -0.15) is 4.98 Å². The van der Waals surface area contributed by atoms with Crippen molar-refractivity contribution in [2.45, 2.75) is 33.4 Å². The van der Waals surface area contributed by atoms with Crippen molar-refractivity contribution in [2.24, 2.45) is 0 Å². The molecule has 1 heterocycles. The summed E-state index contributed by atoms with van der Waals surface area (Å²) in [6, 6.07) is 8.02. The second-order valence-corrected chi connectivity index (χ2v) is 4.34. The number of nitrogens with zero attached hydrogens (tertiary/aromatic N) is 2. The third-order valence-corrected chi connectivity index (χ3v) is 2.62. The topological polar surface area (TPSA) is 60.2 Å². The Morgan fingerprint density at radius 3 is 2.68 bits per heavy atom. The van der Waals surface area contributed by atoms with E-state index >= 15 is 0 Å². The highest BCUT2D eigenvalue weighted by Gasteiger charge is 2.03. The Morgan fingerprint density at radius 2 is 2.05 bits per heavy atom. The highest BCUT2D eigenvalue weighted by molar-refractivity contribution is 5.27. The molecule has 0 saturated heterocycles. The van der Waals surface area contributed by atoms with Gasteiger partial charge in [-0.05, 0) is 30.7 Å². The molecular weight excluding hydrogens is 242 g/mol. The van der Waals surface area contributed by atoms with Gasteiger partial charge in [-0.25, -0.2) is 0 Å². The molecule has 0 radical (unpaired) electrons. The highest BCUT2D eigenvalue weighted by atomic mass is 16.5. The van der Waals surface area contributed by atoms with E-state index in [0.717, 1.165) is 25.3 Å². The molecule has 0 amide bonds. The van der Waals surface area contributed by atoms with Crippen LogP contribution in [0.5, 0.6) is 5.75 Å². The highest BCUT2D eigenvalue weighted by Crippen LogP contribution is 2.13. The van der Waals surface area contributed by atoms with Gasteiger partial charge in [0, 0.05) is 13.5 Å². The number of aryl methyl sites for hydroxylation is 1. The number of aromatic nitrogens is 2. The fourth-order valence-corrected chi connectivity index (χ4v) is 1.66. The molecule has 102 valence electrons. The van der Waals surface area contributed by atoms with Gasteiger partial charge in [-0.15, -0.1) is 0 Å². The van der Waals surface area contributed by atoms with E-state index in [-0.39, 0.29) is 0 Å². The molecule has 0 spiro atoms. The molecule has 19 heavy (non-hydrogen) atoms. The Morgan fingerprint density at radius 1 is 1.26 bits per heavy atom. The second-order valence-electron chi connectivity index (χ2n) is 4.34. The maximum atomic E-state index is 5.58. The van der Waals surface area contributed by atoms with Gasteiger partial charge >= 0.3 is 0 Å². The van der Waals surface area contributed by atoms with Gasteiger partial charge in [0.15, 0.2) is 6.61 Å². The molecule has 5 heteroatoms. The predicted octanol–water partition coefficient (Wildman–Crippen LogP) is 2.46. The van der Waals surface area contributed by atoms with Crippen LogP contribution in [0.2, 0.25) is 0 Å². The molecule has 1 aromatic carbocycles. The first kappa shape index (κ1) is 13.5. The Bertz CT molecular complexity index is 494. The summed E-state index contributed by atoms with van der Waals surface area (Å²) in [5, 5.41) is 7.14. The van der Waals surface area contributed by atoms with Crippen LogP contribution in [0.15, 0.2) is 28.8 Å². The number of nitrogens with one attached hydrogen (secondary N) is 1. The largest absolute Gasteiger partial charge is 0.485 e. The van der Waals surface area contributed by atoms with Crippen molar-refractivity contribution < 1.29 is 9.26 Å². The van der Waals surface area contributed by atoms with Crippen molar-refractivity contribution in [3.05, 3.63) is 41.5 Å². The van der Waals surface area contributed by atoms with Gasteiger partial charge < -0.3 is 14.6 Å². The smallest absolute Gasteiger partial charge is 0.223 e. The molecule has 0 fully saturated rings. The Balaban J connectivity index is 1.81. The number of rotatable bonds is 7.